The topological polar surface area (TPSA) is 24.1 Å². The first-order chi connectivity index (χ1) is 7.83. The molecule has 0 unspecified atom stereocenters. The molecule has 1 fully saturated rings. The van der Waals surface area contributed by atoms with Crippen LogP contribution in [-0.2, 0) is 6.42 Å². The molecule has 2 nitrogen and oxygen atoms in total. The fraction of sp³-hybridized carbons (Fsp3) is 0.462. The number of rotatable bonds is 1. The van der Waals surface area contributed by atoms with Crippen LogP contribution >= 0.6 is 12.2 Å². The SMILES string of the molecule is CC.CCc1ccccc1.S=C1NCCN1.[HH]. The number of hydrogen-bond acceptors (Lipinski definition) is 1. The van der Waals surface area contributed by atoms with Crippen molar-refractivity contribution < 1.29 is 1.43 Å². The predicted molar refractivity (Wildman–Crippen MR) is 77.9 cm³/mol. The molecule has 0 aliphatic carbocycles. The lowest BCUT2D eigenvalue weighted by Gasteiger charge is -1.89. The van der Waals surface area contributed by atoms with Gasteiger partial charge in [-0.05, 0) is 24.2 Å². The average molecular weight is 240 g/mol. The highest BCUT2D eigenvalue weighted by molar-refractivity contribution is 7.80. The molecule has 1 aliphatic heterocycles. The van der Waals surface area contributed by atoms with E-state index >= 15 is 0 Å². The average Bonchev–Trinajstić information content (AvgIpc) is 2.85. The van der Waals surface area contributed by atoms with Crippen LogP contribution in [0.4, 0.5) is 0 Å². The largest absolute Gasteiger partial charge is 0.361 e. The van der Waals surface area contributed by atoms with E-state index in [2.05, 4.69) is 41.8 Å². The van der Waals surface area contributed by atoms with E-state index in [1.54, 1.807) is 0 Å². The fourth-order valence-corrected chi connectivity index (χ4v) is 1.33. The van der Waals surface area contributed by atoms with E-state index < -0.39 is 0 Å². The Morgan fingerprint density at radius 1 is 1.12 bits per heavy atom. The maximum absolute atomic E-state index is 4.70. The summed E-state index contributed by atoms with van der Waals surface area (Å²) < 4.78 is 0. The Labute approximate surface area is 106 Å². The molecule has 1 heterocycles. The molecule has 1 aromatic carbocycles. The molecule has 1 aliphatic rings. The molecule has 1 aromatic rings. The van der Waals surface area contributed by atoms with E-state index in [9.17, 15) is 0 Å². The molecular formula is C13H24N2S. The van der Waals surface area contributed by atoms with Crippen LogP contribution < -0.4 is 10.6 Å². The highest BCUT2D eigenvalue weighted by atomic mass is 32.1. The first-order valence-electron chi connectivity index (χ1n) is 5.88. The standard InChI is InChI=1S/C8H10.C3H6N2S.C2H6.H2/c1-2-8-6-4-3-5-7-8;6-3-4-1-2-5-3;1-2;/h3-7H,2H2,1H3;1-2H2,(H2,4,5,6);1-2H3;1H. The van der Waals surface area contributed by atoms with Gasteiger partial charge in [-0.3, -0.25) is 0 Å². The molecule has 0 aromatic heterocycles. The molecule has 16 heavy (non-hydrogen) atoms. The van der Waals surface area contributed by atoms with Crippen LogP contribution in [0.1, 0.15) is 27.8 Å². The van der Waals surface area contributed by atoms with Gasteiger partial charge in [0.15, 0.2) is 5.11 Å². The number of hydrogen-bond donors (Lipinski definition) is 2. The van der Waals surface area contributed by atoms with Gasteiger partial charge in [-0.2, -0.15) is 0 Å². The van der Waals surface area contributed by atoms with Crippen LogP contribution in [-0.4, -0.2) is 18.2 Å². The summed E-state index contributed by atoms with van der Waals surface area (Å²) in [6.45, 7) is 8.13. The fourth-order valence-electron chi connectivity index (χ4n) is 1.13. The van der Waals surface area contributed by atoms with E-state index in [-0.39, 0.29) is 1.43 Å². The maximum Gasteiger partial charge on any atom is 0.166 e. The van der Waals surface area contributed by atoms with Crippen molar-refractivity contribution in [1.29, 1.82) is 0 Å². The number of nitrogens with one attached hydrogen (secondary N) is 2. The van der Waals surface area contributed by atoms with Crippen molar-refractivity contribution in [3.63, 3.8) is 0 Å². The monoisotopic (exact) mass is 240 g/mol. The van der Waals surface area contributed by atoms with Gasteiger partial charge in [0, 0.05) is 14.5 Å². The van der Waals surface area contributed by atoms with Crippen molar-refractivity contribution in [2.24, 2.45) is 0 Å². The summed E-state index contributed by atoms with van der Waals surface area (Å²) in [6.07, 6.45) is 1.14. The smallest absolute Gasteiger partial charge is 0.166 e. The third-order valence-corrected chi connectivity index (χ3v) is 2.24. The van der Waals surface area contributed by atoms with Crippen molar-refractivity contribution in [1.82, 2.24) is 10.6 Å². The Morgan fingerprint density at radius 2 is 1.62 bits per heavy atom. The van der Waals surface area contributed by atoms with Crippen LogP contribution in [0.5, 0.6) is 0 Å². The third kappa shape index (κ3) is 7.23. The lowest BCUT2D eigenvalue weighted by molar-refractivity contribution is 0.942. The lowest BCUT2D eigenvalue weighted by Crippen LogP contribution is -2.19. The molecule has 1 saturated heterocycles. The quantitative estimate of drug-likeness (QED) is 0.738. The zero-order valence-electron chi connectivity index (χ0n) is 10.4. The van der Waals surface area contributed by atoms with Crippen molar-refractivity contribution >= 4 is 17.3 Å². The zero-order chi connectivity index (χ0) is 12.2. The Morgan fingerprint density at radius 3 is 1.88 bits per heavy atom. The van der Waals surface area contributed by atoms with Gasteiger partial charge >= 0.3 is 0 Å². The minimum atomic E-state index is 0. The van der Waals surface area contributed by atoms with Gasteiger partial charge in [0.2, 0.25) is 0 Å². The van der Waals surface area contributed by atoms with Gasteiger partial charge in [0.1, 0.15) is 0 Å². The summed E-state index contributed by atoms with van der Waals surface area (Å²) in [5.74, 6) is 0. The van der Waals surface area contributed by atoms with Gasteiger partial charge in [-0.25, -0.2) is 0 Å². The van der Waals surface area contributed by atoms with Crippen LogP contribution in [0, 0.1) is 0 Å². The second-order valence-electron chi connectivity index (χ2n) is 3.02. The summed E-state index contributed by atoms with van der Waals surface area (Å²) in [4.78, 5) is 0. The van der Waals surface area contributed by atoms with E-state index in [0.717, 1.165) is 24.6 Å². The minimum Gasteiger partial charge on any atom is -0.361 e. The van der Waals surface area contributed by atoms with Crippen molar-refractivity contribution in [3.05, 3.63) is 35.9 Å². The van der Waals surface area contributed by atoms with Crippen LogP contribution in [0.3, 0.4) is 0 Å². The van der Waals surface area contributed by atoms with Gasteiger partial charge < -0.3 is 10.6 Å². The second kappa shape index (κ2) is 10.4. The van der Waals surface area contributed by atoms with Crippen LogP contribution in [0.25, 0.3) is 0 Å². The van der Waals surface area contributed by atoms with Crippen LogP contribution in [0.15, 0.2) is 30.3 Å². The maximum atomic E-state index is 4.70. The summed E-state index contributed by atoms with van der Waals surface area (Å²) in [5, 5.41) is 6.67. The van der Waals surface area contributed by atoms with E-state index in [4.69, 9.17) is 12.2 Å². The van der Waals surface area contributed by atoms with Gasteiger partial charge in [0.05, 0.1) is 0 Å². The van der Waals surface area contributed by atoms with Gasteiger partial charge in [-0.1, -0.05) is 51.1 Å². The van der Waals surface area contributed by atoms with E-state index in [1.165, 1.54) is 5.56 Å². The van der Waals surface area contributed by atoms with Crippen LogP contribution in [0.2, 0.25) is 0 Å². The van der Waals surface area contributed by atoms with Crippen molar-refractivity contribution in [3.8, 4) is 0 Å². The van der Waals surface area contributed by atoms with Crippen molar-refractivity contribution in [2.75, 3.05) is 13.1 Å². The molecule has 0 amide bonds. The number of benzene rings is 1. The molecular weight excluding hydrogens is 216 g/mol. The zero-order valence-corrected chi connectivity index (χ0v) is 11.2. The highest BCUT2D eigenvalue weighted by Gasteiger charge is 1.98. The molecule has 2 rings (SSSR count). The number of aryl methyl sites for hydroxylation is 1. The highest BCUT2D eigenvalue weighted by Crippen LogP contribution is 1.96. The van der Waals surface area contributed by atoms with Gasteiger partial charge in [0.25, 0.3) is 0 Å². The van der Waals surface area contributed by atoms with E-state index in [0.29, 0.717) is 0 Å². The first kappa shape index (κ1) is 14.9. The number of thiocarbonyl (C=S) groups is 1. The summed E-state index contributed by atoms with van der Waals surface area (Å²) >= 11 is 4.70. The van der Waals surface area contributed by atoms with Gasteiger partial charge in [-0.15, -0.1) is 0 Å². The lowest BCUT2D eigenvalue weighted by atomic mass is 10.2. The Bertz CT molecular complexity index is 270. The predicted octanol–water partition coefficient (Wildman–Crippen LogP) is 2.99. The van der Waals surface area contributed by atoms with Crippen molar-refractivity contribution in [2.45, 2.75) is 27.2 Å². The summed E-state index contributed by atoms with van der Waals surface area (Å²) in [6, 6.07) is 10.5. The first-order valence-corrected chi connectivity index (χ1v) is 6.29. The molecule has 0 atom stereocenters. The normalized spacial score (nSPS) is 12.3. The third-order valence-electron chi connectivity index (χ3n) is 1.95. The molecule has 0 bridgehead atoms. The molecule has 0 saturated carbocycles. The Kier molecular flexibility index (Phi) is 9.72. The van der Waals surface area contributed by atoms with E-state index in [1.807, 2.05) is 19.9 Å². The minimum absolute atomic E-state index is 0. The molecule has 0 spiro atoms. The Hall–Kier alpha value is -1.09. The molecule has 3 heteroatoms. The molecule has 2 N–H and O–H groups in total. The summed E-state index contributed by atoms with van der Waals surface area (Å²) in [7, 11) is 0. The summed E-state index contributed by atoms with van der Waals surface area (Å²) in [5.41, 5.74) is 1.41. The molecule has 92 valence electrons. The Balaban J connectivity index is 0. The molecule has 0 radical (unpaired) electrons. The second-order valence-corrected chi connectivity index (χ2v) is 3.43.